The summed E-state index contributed by atoms with van der Waals surface area (Å²) in [6, 6.07) is 0. The Kier molecular flexibility index (Phi) is 7.30. The van der Waals surface area contributed by atoms with E-state index < -0.39 is 12.1 Å². The maximum Gasteiger partial charge on any atom is 0.333 e. The molecule has 0 rings (SSSR count). The van der Waals surface area contributed by atoms with Crippen molar-refractivity contribution in [3.05, 3.63) is 12.2 Å². The van der Waals surface area contributed by atoms with Crippen molar-refractivity contribution >= 4 is 5.97 Å². The lowest BCUT2D eigenvalue weighted by Gasteiger charge is -2.08. The summed E-state index contributed by atoms with van der Waals surface area (Å²) >= 11 is 0. The average molecular weight is 186 g/mol. The Morgan fingerprint density at radius 3 is 2.62 bits per heavy atom. The van der Waals surface area contributed by atoms with Crippen LogP contribution in [0.2, 0.25) is 0 Å². The highest BCUT2D eigenvalue weighted by molar-refractivity contribution is 5.72. The molecular weight excluding hydrogens is 168 g/mol. The summed E-state index contributed by atoms with van der Waals surface area (Å²) in [5.74, 6) is -0.886. The van der Waals surface area contributed by atoms with Crippen LogP contribution in [0.3, 0.4) is 0 Å². The molecule has 0 spiro atoms. The van der Waals surface area contributed by atoms with Crippen LogP contribution in [0.1, 0.15) is 33.1 Å². The summed E-state index contributed by atoms with van der Waals surface area (Å²) in [6.07, 6.45) is 5.73. The number of hydrogen-bond donors (Lipinski definition) is 1. The van der Waals surface area contributed by atoms with Crippen LogP contribution >= 0.6 is 0 Å². The van der Waals surface area contributed by atoms with Gasteiger partial charge in [0.25, 0.3) is 0 Å². The van der Waals surface area contributed by atoms with Gasteiger partial charge in [-0.2, -0.15) is 0 Å². The standard InChI is InChI=1S/C10H18O3/c1-3-5-6-7-8-9(10(11)12)13-4-2/h6-7,9H,3-5,8H2,1-2H3,(H,11,12). The summed E-state index contributed by atoms with van der Waals surface area (Å²) in [6.45, 7) is 4.33. The molecule has 76 valence electrons. The first-order valence-corrected chi connectivity index (χ1v) is 4.71. The Morgan fingerprint density at radius 2 is 2.15 bits per heavy atom. The van der Waals surface area contributed by atoms with Crippen molar-refractivity contribution in [1.29, 1.82) is 0 Å². The molecule has 1 unspecified atom stereocenters. The molecule has 0 aliphatic carbocycles. The summed E-state index contributed by atoms with van der Waals surface area (Å²) in [5.41, 5.74) is 0. The van der Waals surface area contributed by atoms with Gasteiger partial charge in [0, 0.05) is 13.0 Å². The third kappa shape index (κ3) is 6.34. The van der Waals surface area contributed by atoms with Crippen LogP contribution < -0.4 is 0 Å². The predicted octanol–water partition coefficient (Wildman–Crippen LogP) is 2.22. The highest BCUT2D eigenvalue weighted by atomic mass is 16.5. The molecule has 1 N–H and O–H groups in total. The van der Waals surface area contributed by atoms with E-state index in [0.29, 0.717) is 13.0 Å². The topological polar surface area (TPSA) is 46.5 Å². The van der Waals surface area contributed by atoms with Crippen LogP contribution in [0.5, 0.6) is 0 Å². The van der Waals surface area contributed by atoms with Crippen molar-refractivity contribution in [2.75, 3.05) is 6.61 Å². The predicted molar refractivity (Wildman–Crippen MR) is 51.7 cm³/mol. The van der Waals surface area contributed by atoms with E-state index in [0.717, 1.165) is 12.8 Å². The maximum atomic E-state index is 10.6. The van der Waals surface area contributed by atoms with E-state index >= 15 is 0 Å². The third-order valence-electron chi connectivity index (χ3n) is 1.62. The minimum Gasteiger partial charge on any atom is -0.479 e. The molecule has 0 amide bonds. The van der Waals surface area contributed by atoms with Gasteiger partial charge < -0.3 is 9.84 Å². The number of carboxylic acid groups (broad SMARTS) is 1. The van der Waals surface area contributed by atoms with Crippen molar-refractivity contribution in [2.45, 2.75) is 39.2 Å². The smallest absolute Gasteiger partial charge is 0.333 e. The lowest BCUT2D eigenvalue weighted by atomic mass is 10.2. The molecule has 0 aliphatic heterocycles. The molecule has 0 fully saturated rings. The van der Waals surface area contributed by atoms with Crippen molar-refractivity contribution in [3.63, 3.8) is 0 Å². The van der Waals surface area contributed by atoms with E-state index in [4.69, 9.17) is 9.84 Å². The van der Waals surface area contributed by atoms with E-state index in [9.17, 15) is 4.79 Å². The summed E-state index contributed by atoms with van der Waals surface area (Å²) < 4.78 is 5.03. The third-order valence-corrected chi connectivity index (χ3v) is 1.62. The zero-order chi connectivity index (χ0) is 10.1. The molecule has 0 aliphatic rings. The molecule has 0 bridgehead atoms. The zero-order valence-corrected chi connectivity index (χ0v) is 8.32. The Hall–Kier alpha value is -0.830. The van der Waals surface area contributed by atoms with Gasteiger partial charge in [0.2, 0.25) is 0 Å². The van der Waals surface area contributed by atoms with Crippen molar-refractivity contribution in [2.24, 2.45) is 0 Å². The van der Waals surface area contributed by atoms with Crippen molar-refractivity contribution in [1.82, 2.24) is 0 Å². The fourth-order valence-electron chi connectivity index (χ4n) is 0.946. The Bertz CT molecular complexity index is 164. The summed E-state index contributed by atoms with van der Waals surface area (Å²) in [4.78, 5) is 10.6. The van der Waals surface area contributed by atoms with E-state index in [1.165, 1.54) is 0 Å². The van der Waals surface area contributed by atoms with E-state index in [-0.39, 0.29) is 0 Å². The van der Waals surface area contributed by atoms with Gasteiger partial charge >= 0.3 is 5.97 Å². The first kappa shape index (κ1) is 12.2. The fraction of sp³-hybridized carbons (Fsp3) is 0.700. The van der Waals surface area contributed by atoms with Gasteiger partial charge in [0.1, 0.15) is 0 Å². The number of rotatable bonds is 7. The number of ether oxygens (including phenoxy) is 1. The highest BCUT2D eigenvalue weighted by Gasteiger charge is 2.14. The number of carbonyl (C=O) groups is 1. The molecule has 0 aromatic rings. The molecule has 0 saturated carbocycles. The molecule has 1 atom stereocenters. The van der Waals surface area contributed by atoms with Crippen LogP contribution in [0.25, 0.3) is 0 Å². The van der Waals surface area contributed by atoms with Gasteiger partial charge in [-0.05, 0) is 13.3 Å². The lowest BCUT2D eigenvalue weighted by molar-refractivity contribution is -0.149. The quantitative estimate of drug-likeness (QED) is 0.620. The monoisotopic (exact) mass is 186 g/mol. The lowest BCUT2D eigenvalue weighted by Crippen LogP contribution is -2.22. The molecule has 13 heavy (non-hydrogen) atoms. The molecule has 0 aromatic carbocycles. The first-order chi connectivity index (χ1) is 6.22. The first-order valence-electron chi connectivity index (χ1n) is 4.71. The Labute approximate surface area is 79.4 Å². The van der Waals surface area contributed by atoms with Gasteiger partial charge in [-0.3, -0.25) is 0 Å². The highest BCUT2D eigenvalue weighted by Crippen LogP contribution is 2.01. The molecule has 0 aromatic heterocycles. The molecular formula is C10H18O3. The van der Waals surface area contributed by atoms with Gasteiger partial charge in [0.15, 0.2) is 6.10 Å². The largest absolute Gasteiger partial charge is 0.479 e. The van der Waals surface area contributed by atoms with Crippen LogP contribution in [0.15, 0.2) is 12.2 Å². The van der Waals surface area contributed by atoms with E-state index in [1.54, 1.807) is 6.92 Å². The number of allylic oxidation sites excluding steroid dienone is 1. The molecule has 3 heteroatoms. The minimum atomic E-state index is -0.886. The Balaban J connectivity index is 3.75. The maximum absolute atomic E-state index is 10.6. The summed E-state index contributed by atoms with van der Waals surface area (Å²) in [5, 5.41) is 8.70. The molecule has 0 saturated heterocycles. The van der Waals surface area contributed by atoms with Crippen LogP contribution in [-0.4, -0.2) is 23.8 Å². The van der Waals surface area contributed by atoms with Gasteiger partial charge in [-0.1, -0.05) is 25.5 Å². The minimum absolute atomic E-state index is 0.443. The second kappa shape index (κ2) is 7.80. The van der Waals surface area contributed by atoms with E-state index in [1.807, 2.05) is 12.2 Å². The second-order valence-electron chi connectivity index (χ2n) is 2.78. The van der Waals surface area contributed by atoms with Crippen LogP contribution in [0, 0.1) is 0 Å². The van der Waals surface area contributed by atoms with Gasteiger partial charge in [-0.15, -0.1) is 0 Å². The molecule has 0 heterocycles. The normalized spacial score (nSPS) is 13.4. The van der Waals surface area contributed by atoms with Gasteiger partial charge in [-0.25, -0.2) is 4.79 Å². The number of carboxylic acids is 1. The molecule has 3 nitrogen and oxygen atoms in total. The van der Waals surface area contributed by atoms with Gasteiger partial charge in [0.05, 0.1) is 0 Å². The zero-order valence-electron chi connectivity index (χ0n) is 8.32. The summed E-state index contributed by atoms with van der Waals surface area (Å²) in [7, 11) is 0. The van der Waals surface area contributed by atoms with Crippen molar-refractivity contribution < 1.29 is 14.6 Å². The fourth-order valence-corrected chi connectivity index (χ4v) is 0.946. The van der Waals surface area contributed by atoms with Crippen molar-refractivity contribution in [3.8, 4) is 0 Å². The number of hydrogen-bond acceptors (Lipinski definition) is 2. The average Bonchev–Trinajstić information content (AvgIpc) is 2.10. The molecule has 0 radical (unpaired) electrons. The van der Waals surface area contributed by atoms with E-state index in [2.05, 4.69) is 6.92 Å². The van der Waals surface area contributed by atoms with Crippen LogP contribution in [-0.2, 0) is 9.53 Å². The van der Waals surface area contributed by atoms with Crippen LogP contribution in [0.4, 0.5) is 0 Å². The Morgan fingerprint density at radius 1 is 1.46 bits per heavy atom. The SMILES string of the molecule is CCCC=CCC(OCC)C(=O)O. The second-order valence-corrected chi connectivity index (χ2v) is 2.78. The number of aliphatic carboxylic acids is 1. The number of unbranched alkanes of at least 4 members (excludes halogenated alkanes) is 1.